The first-order valence-corrected chi connectivity index (χ1v) is 9.18. The zero-order valence-electron chi connectivity index (χ0n) is 8.33. The minimum absolute atomic E-state index is 0.163. The summed E-state index contributed by atoms with van der Waals surface area (Å²) in [6.07, 6.45) is 3.75. The Hall–Kier alpha value is 0.410. The zero-order valence-corrected chi connectivity index (χ0v) is 13.1. The van der Waals surface area contributed by atoms with Gasteiger partial charge in [-0.2, -0.15) is 8.42 Å². The average molecular weight is 405 g/mol. The summed E-state index contributed by atoms with van der Waals surface area (Å²) in [7, 11) is 1.28. The van der Waals surface area contributed by atoms with Crippen LogP contribution in [0.1, 0.15) is 0 Å². The van der Waals surface area contributed by atoms with E-state index in [9.17, 15) is 13.2 Å². The van der Waals surface area contributed by atoms with Crippen molar-refractivity contribution in [2.45, 2.75) is 15.7 Å². The predicted octanol–water partition coefficient (Wildman–Crippen LogP) is 1.64. The van der Waals surface area contributed by atoms with Gasteiger partial charge in [0, 0.05) is 20.3 Å². The molecule has 3 rings (SSSR count). The number of hydrogen-bond acceptors (Lipinski definition) is 3. The molecule has 0 bridgehead atoms. The van der Waals surface area contributed by atoms with Crippen LogP contribution >= 0.6 is 42.5 Å². The normalized spacial score (nSPS) is 47.9. The molecule has 1 saturated heterocycles. The molecule has 2 aliphatic carbocycles. The van der Waals surface area contributed by atoms with Crippen molar-refractivity contribution in [2.75, 3.05) is 0 Å². The Morgan fingerprint density at radius 3 is 2.47 bits per heavy atom. The second-order valence-corrected chi connectivity index (χ2v) is 9.02. The molecule has 2 fully saturated rings. The molecule has 17 heavy (non-hydrogen) atoms. The summed E-state index contributed by atoms with van der Waals surface area (Å²) in [4.78, 5) is 12.4. The lowest BCUT2D eigenvalue weighted by atomic mass is 9.59. The van der Waals surface area contributed by atoms with Crippen LogP contribution in [0.15, 0.2) is 12.2 Å². The maximum atomic E-state index is 11.9. The standard InChI is InChI=1S/C9H8Br2ClNO3S/c10-7-3-1-2-4-6(5(3)8(7)11)9(14)13(4)17(12,15)16/h1-8H/t3-,4-,5+,6-,7+,8-/m0/s1. The predicted molar refractivity (Wildman–Crippen MR) is 70.4 cm³/mol. The molecule has 3 aliphatic rings. The van der Waals surface area contributed by atoms with Gasteiger partial charge in [0.15, 0.2) is 0 Å². The topological polar surface area (TPSA) is 54.5 Å². The number of fused-ring (bicyclic) bond motifs is 3. The lowest BCUT2D eigenvalue weighted by Crippen LogP contribution is -2.70. The first-order chi connectivity index (χ1) is 7.84. The lowest BCUT2D eigenvalue weighted by Gasteiger charge is -2.58. The van der Waals surface area contributed by atoms with Crippen molar-refractivity contribution in [1.82, 2.24) is 4.31 Å². The molecule has 0 spiro atoms. The highest BCUT2D eigenvalue weighted by molar-refractivity contribution is 9.12. The molecule has 0 aromatic carbocycles. The van der Waals surface area contributed by atoms with Gasteiger partial charge in [-0.3, -0.25) is 4.79 Å². The van der Waals surface area contributed by atoms with E-state index in [1.165, 1.54) is 0 Å². The van der Waals surface area contributed by atoms with E-state index in [4.69, 9.17) is 10.7 Å². The highest BCUT2D eigenvalue weighted by Crippen LogP contribution is 2.56. The van der Waals surface area contributed by atoms with Gasteiger partial charge in [0.25, 0.3) is 0 Å². The van der Waals surface area contributed by atoms with E-state index in [1.807, 2.05) is 6.08 Å². The Morgan fingerprint density at radius 2 is 1.88 bits per heavy atom. The van der Waals surface area contributed by atoms with Crippen LogP contribution in [0.5, 0.6) is 0 Å². The molecule has 94 valence electrons. The second-order valence-electron chi connectivity index (χ2n) is 4.52. The van der Waals surface area contributed by atoms with E-state index < -0.39 is 15.3 Å². The summed E-state index contributed by atoms with van der Waals surface area (Å²) in [6, 6.07) is -0.397. The van der Waals surface area contributed by atoms with Crippen LogP contribution in [-0.2, 0) is 14.0 Å². The summed E-state index contributed by atoms with van der Waals surface area (Å²) < 4.78 is 23.3. The van der Waals surface area contributed by atoms with Gasteiger partial charge in [-0.05, 0) is 11.8 Å². The Kier molecular flexibility index (Phi) is 2.72. The van der Waals surface area contributed by atoms with Crippen molar-refractivity contribution < 1.29 is 13.2 Å². The molecule has 6 atom stereocenters. The Labute approximate surface area is 120 Å². The number of rotatable bonds is 1. The third kappa shape index (κ3) is 1.52. The van der Waals surface area contributed by atoms with Crippen LogP contribution in [0, 0.1) is 17.8 Å². The average Bonchev–Trinajstić information content (AvgIpc) is 2.24. The third-order valence-electron chi connectivity index (χ3n) is 3.81. The van der Waals surface area contributed by atoms with Gasteiger partial charge in [0.05, 0.1) is 12.0 Å². The van der Waals surface area contributed by atoms with Gasteiger partial charge < -0.3 is 0 Å². The maximum Gasteiger partial charge on any atom is 0.324 e. The minimum atomic E-state index is -3.96. The van der Waals surface area contributed by atoms with Gasteiger partial charge in [0.2, 0.25) is 5.91 Å². The van der Waals surface area contributed by atoms with Gasteiger partial charge in [0.1, 0.15) is 0 Å². The van der Waals surface area contributed by atoms with E-state index >= 15 is 0 Å². The molecule has 1 heterocycles. The number of nitrogens with zero attached hydrogens (tertiary/aromatic N) is 1. The summed E-state index contributed by atoms with van der Waals surface area (Å²) in [5, 5.41) is 0. The first-order valence-electron chi connectivity index (χ1n) is 5.08. The Bertz CT molecular complexity index is 522. The van der Waals surface area contributed by atoms with Crippen molar-refractivity contribution in [3.63, 3.8) is 0 Å². The molecule has 4 nitrogen and oxygen atoms in total. The molecule has 1 saturated carbocycles. The van der Waals surface area contributed by atoms with Gasteiger partial charge in [-0.25, -0.2) is 4.31 Å². The summed E-state index contributed by atoms with van der Waals surface area (Å²) in [6.45, 7) is 0. The molecule has 1 amide bonds. The molecule has 0 radical (unpaired) electrons. The van der Waals surface area contributed by atoms with Crippen LogP contribution in [-0.4, -0.2) is 34.3 Å². The van der Waals surface area contributed by atoms with E-state index in [2.05, 4.69) is 31.9 Å². The largest absolute Gasteiger partial charge is 0.324 e. The minimum Gasteiger partial charge on any atom is -0.273 e. The molecule has 0 unspecified atom stereocenters. The van der Waals surface area contributed by atoms with E-state index in [-0.39, 0.29) is 22.6 Å². The summed E-state index contributed by atoms with van der Waals surface area (Å²) in [5.74, 6) is -0.175. The number of alkyl halides is 2. The fraction of sp³-hybridized carbons (Fsp3) is 0.667. The van der Waals surface area contributed by atoms with Gasteiger partial charge in [-0.1, -0.05) is 44.0 Å². The number of β-lactam (4-membered cyclic amide) rings is 1. The van der Waals surface area contributed by atoms with Gasteiger partial charge in [-0.15, -0.1) is 0 Å². The van der Waals surface area contributed by atoms with Crippen LogP contribution in [0.4, 0.5) is 0 Å². The van der Waals surface area contributed by atoms with Crippen LogP contribution < -0.4 is 0 Å². The molecule has 1 aliphatic heterocycles. The summed E-state index contributed by atoms with van der Waals surface area (Å²) >= 11 is 7.08. The first kappa shape index (κ1) is 12.4. The number of amides is 1. The van der Waals surface area contributed by atoms with Gasteiger partial charge >= 0.3 is 9.24 Å². The molecule has 0 aromatic heterocycles. The molecule has 0 aromatic rings. The lowest BCUT2D eigenvalue weighted by molar-refractivity contribution is -0.151. The van der Waals surface area contributed by atoms with Crippen molar-refractivity contribution >= 4 is 57.7 Å². The zero-order chi connectivity index (χ0) is 12.5. The van der Waals surface area contributed by atoms with Crippen LogP contribution in [0.25, 0.3) is 0 Å². The van der Waals surface area contributed by atoms with Crippen molar-refractivity contribution in [1.29, 1.82) is 0 Å². The molecule has 8 heteroatoms. The van der Waals surface area contributed by atoms with Crippen molar-refractivity contribution in [3.05, 3.63) is 12.2 Å². The van der Waals surface area contributed by atoms with Crippen LogP contribution in [0.3, 0.4) is 0 Å². The van der Waals surface area contributed by atoms with Crippen molar-refractivity contribution in [2.24, 2.45) is 17.8 Å². The second kappa shape index (κ2) is 3.71. The number of allylic oxidation sites excluding steroid dienone is 1. The number of carbonyl (C=O) groups excluding carboxylic acids is 1. The monoisotopic (exact) mass is 403 g/mol. The van der Waals surface area contributed by atoms with E-state index in [0.717, 1.165) is 4.31 Å². The molecular weight excluding hydrogens is 397 g/mol. The van der Waals surface area contributed by atoms with E-state index in [1.54, 1.807) is 6.08 Å². The molecular formula is C9H8Br2ClNO3S. The fourth-order valence-electron chi connectivity index (χ4n) is 2.96. The highest BCUT2D eigenvalue weighted by Gasteiger charge is 2.64. The Balaban J connectivity index is 1.93. The number of hydrogen-bond donors (Lipinski definition) is 0. The third-order valence-corrected chi connectivity index (χ3v) is 8.21. The SMILES string of the molecule is O=C1[C@@H]2[C@@H]3[C@H](Br)[C@H](Br)[C@H]3C=C[C@@H]2N1S(=O)(=O)Cl. The number of halogens is 3. The van der Waals surface area contributed by atoms with Crippen molar-refractivity contribution in [3.8, 4) is 0 Å². The Morgan fingerprint density at radius 1 is 1.24 bits per heavy atom. The highest BCUT2D eigenvalue weighted by atomic mass is 79.9. The smallest absolute Gasteiger partial charge is 0.273 e. The quantitative estimate of drug-likeness (QED) is 0.288. The fourth-order valence-corrected chi connectivity index (χ4v) is 6.19. The summed E-state index contributed by atoms with van der Waals surface area (Å²) in [5.41, 5.74) is 0. The maximum absolute atomic E-state index is 11.9. The number of carbonyl (C=O) groups is 1. The van der Waals surface area contributed by atoms with E-state index in [0.29, 0.717) is 10.7 Å². The van der Waals surface area contributed by atoms with Crippen LogP contribution in [0.2, 0.25) is 0 Å². The molecule has 0 N–H and O–H groups in total.